The number of aromatic nitrogens is 1. The molecule has 0 saturated heterocycles. The van der Waals surface area contributed by atoms with Gasteiger partial charge in [0.15, 0.2) is 0 Å². The van der Waals surface area contributed by atoms with E-state index in [0.29, 0.717) is 0 Å². The zero-order valence-corrected chi connectivity index (χ0v) is 11.0. The summed E-state index contributed by atoms with van der Waals surface area (Å²) in [6.45, 7) is 1.96. The van der Waals surface area contributed by atoms with Crippen molar-refractivity contribution >= 4 is 43.3 Å². The molecule has 0 amide bonds. The van der Waals surface area contributed by atoms with Gasteiger partial charge in [-0.2, -0.15) is 0 Å². The van der Waals surface area contributed by atoms with Crippen molar-refractivity contribution in [2.24, 2.45) is 0 Å². The van der Waals surface area contributed by atoms with E-state index in [-0.39, 0.29) is 0 Å². The average Bonchev–Trinajstić information content (AvgIpc) is 2.31. The van der Waals surface area contributed by atoms with Gasteiger partial charge in [-0.3, -0.25) is 4.98 Å². The lowest BCUT2D eigenvalue weighted by molar-refractivity contribution is 1.26. The van der Waals surface area contributed by atoms with Gasteiger partial charge >= 0.3 is 0 Å². The highest BCUT2D eigenvalue weighted by molar-refractivity contribution is 9.10. The quantitative estimate of drug-likeness (QED) is 0.634. The number of rotatable bonds is 0. The Morgan fingerprint density at radius 3 is 2.53 bits per heavy atom. The number of aryl methyl sites for hydroxylation is 1. The molecule has 3 rings (SSSR count). The standard InChI is InChI=1S/C14H11BrN2/c1-8-6-13(16)11-7-12(15)9-4-2-3-5-10(9)14(11)17-8/h2-7H,1H3,(H2,16,17). The van der Waals surface area contributed by atoms with E-state index in [1.807, 2.05) is 31.2 Å². The van der Waals surface area contributed by atoms with E-state index >= 15 is 0 Å². The summed E-state index contributed by atoms with van der Waals surface area (Å²) in [6, 6.07) is 12.2. The summed E-state index contributed by atoms with van der Waals surface area (Å²) >= 11 is 3.59. The maximum atomic E-state index is 6.06. The average molecular weight is 287 g/mol. The molecule has 0 fully saturated rings. The third kappa shape index (κ3) is 1.58. The fraction of sp³-hybridized carbons (Fsp3) is 0.0714. The molecule has 0 atom stereocenters. The molecule has 2 nitrogen and oxygen atoms in total. The lowest BCUT2D eigenvalue weighted by Crippen LogP contribution is -1.93. The fourth-order valence-corrected chi connectivity index (χ4v) is 2.74. The third-order valence-electron chi connectivity index (χ3n) is 2.93. The summed E-state index contributed by atoms with van der Waals surface area (Å²) in [6.07, 6.45) is 0. The van der Waals surface area contributed by atoms with Crippen LogP contribution in [0.4, 0.5) is 5.69 Å². The summed E-state index contributed by atoms with van der Waals surface area (Å²) in [7, 11) is 0. The number of nitrogen functional groups attached to an aromatic ring is 1. The van der Waals surface area contributed by atoms with Crippen molar-refractivity contribution < 1.29 is 0 Å². The van der Waals surface area contributed by atoms with Crippen molar-refractivity contribution in [3.63, 3.8) is 0 Å². The van der Waals surface area contributed by atoms with Crippen LogP contribution >= 0.6 is 15.9 Å². The van der Waals surface area contributed by atoms with Crippen molar-refractivity contribution in [3.8, 4) is 0 Å². The van der Waals surface area contributed by atoms with Gasteiger partial charge in [0.1, 0.15) is 0 Å². The van der Waals surface area contributed by atoms with E-state index in [0.717, 1.165) is 37.5 Å². The van der Waals surface area contributed by atoms with E-state index in [1.54, 1.807) is 0 Å². The van der Waals surface area contributed by atoms with E-state index in [4.69, 9.17) is 5.73 Å². The SMILES string of the molecule is Cc1cc(N)c2cc(Br)c3ccccc3c2n1. The molecule has 0 aliphatic rings. The van der Waals surface area contributed by atoms with Gasteiger partial charge in [0, 0.05) is 26.6 Å². The summed E-state index contributed by atoms with van der Waals surface area (Å²) < 4.78 is 1.05. The summed E-state index contributed by atoms with van der Waals surface area (Å²) in [5.74, 6) is 0. The molecule has 0 aliphatic heterocycles. The maximum absolute atomic E-state index is 6.06. The monoisotopic (exact) mass is 286 g/mol. The number of halogens is 1. The third-order valence-corrected chi connectivity index (χ3v) is 3.59. The summed E-state index contributed by atoms with van der Waals surface area (Å²) in [4.78, 5) is 4.60. The number of anilines is 1. The highest BCUT2D eigenvalue weighted by Crippen LogP contribution is 2.33. The van der Waals surface area contributed by atoms with E-state index in [1.165, 1.54) is 0 Å². The molecule has 0 radical (unpaired) electrons. The summed E-state index contributed by atoms with van der Waals surface area (Å²) in [5.41, 5.74) is 8.75. The second kappa shape index (κ2) is 3.70. The van der Waals surface area contributed by atoms with Crippen LogP contribution in [0.2, 0.25) is 0 Å². The fourth-order valence-electron chi connectivity index (χ4n) is 2.17. The molecule has 0 saturated carbocycles. The minimum atomic E-state index is 0.777. The predicted octanol–water partition coefficient (Wildman–Crippen LogP) is 4.04. The molecule has 0 bridgehead atoms. The number of nitrogens with two attached hydrogens (primary N) is 1. The number of hydrogen-bond donors (Lipinski definition) is 1. The van der Waals surface area contributed by atoms with Gasteiger partial charge in [-0.25, -0.2) is 0 Å². The molecule has 3 aromatic rings. The van der Waals surface area contributed by atoms with Crippen LogP contribution in [0.1, 0.15) is 5.69 Å². The van der Waals surface area contributed by atoms with Gasteiger partial charge in [0.2, 0.25) is 0 Å². The Morgan fingerprint density at radius 1 is 1.06 bits per heavy atom. The molecule has 0 unspecified atom stereocenters. The van der Waals surface area contributed by atoms with Crippen LogP contribution in [0.3, 0.4) is 0 Å². The van der Waals surface area contributed by atoms with Crippen molar-refractivity contribution in [2.75, 3.05) is 5.73 Å². The molecule has 2 aromatic carbocycles. The van der Waals surface area contributed by atoms with Gasteiger partial charge in [0.25, 0.3) is 0 Å². The van der Waals surface area contributed by atoms with Crippen molar-refractivity contribution in [1.29, 1.82) is 0 Å². The van der Waals surface area contributed by atoms with Crippen LogP contribution in [-0.2, 0) is 0 Å². The Morgan fingerprint density at radius 2 is 1.76 bits per heavy atom. The molecule has 1 aromatic heterocycles. The smallest absolute Gasteiger partial charge is 0.0804 e. The van der Waals surface area contributed by atoms with Gasteiger partial charge in [-0.05, 0) is 24.4 Å². The minimum Gasteiger partial charge on any atom is -0.398 e. The highest BCUT2D eigenvalue weighted by Gasteiger charge is 2.08. The van der Waals surface area contributed by atoms with Gasteiger partial charge in [-0.15, -0.1) is 0 Å². The van der Waals surface area contributed by atoms with Crippen LogP contribution in [0, 0.1) is 6.92 Å². The van der Waals surface area contributed by atoms with Crippen molar-refractivity contribution in [3.05, 3.63) is 46.6 Å². The Bertz CT molecular complexity index is 735. The Labute approximate surface area is 108 Å². The van der Waals surface area contributed by atoms with Crippen LogP contribution in [0.5, 0.6) is 0 Å². The first kappa shape index (κ1) is 10.5. The topological polar surface area (TPSA) is 38.9 Å². The zero-order chi connectivity index (χ0) is 12.0. The molecule has 0 spiro atoms. The number of hydrogen-bond acceptors (Lipinski definition) is 2. The van der Waals surface area contributed by atoms with E-state index in [9.17, 15) is 0 Å². The lowest BCUT2D eigenvalue weighted by atomic mass is 10.0. The molecular weight excluding hydrogens is 276 g/mol. The first-order valence-electron chi connectivity index (χ1n) is 5.41. The van der Waals surface area contributed by atoms with Crippen molar-refractivity contribution in [2.45, 2.75) is 6.92 Å². The number of fused-ring (bicyclic) bond motifs is 3. The first-order valence-corrected chi connectivity index (χ1v) is 6.20. The molecule has 84 valence electrons. The second-order valence-electron chi connectivity index (χ2n) is 4.15. The lowest BCUT2D eigenvalue weighted by Gasteiger charge is -2.08. The first-order chi connectivity index (χ1) is 8.16. The molecule has 0 aliphatic carbocycles. The van der Waals surface area contributed by atoms with Gasteiger partial charge in [0.05, 0.1) is 5.52 Å². The largest absolute Gasteiger partial charge is 0.398 e. The molecule has 1 heterocycles. The molecule has 17 heavy (non-hydrogen) atoms. The Balaban J connectivity index is 2.63. The van der Waals surface area contributed by atoms with E-state index in [2.05, 4.69) is 33.0 Å². The Kier molecular flexibility index (Phi) is 2.30. The number of pyridine rings is 1. The Hall–Kier alpha value is -1.61. The maximum Gasteiger partial charge on any atom is 0.0804 e. The van der Waals surface area contributed by atoms with Crippen LogP contribution in [0.25, 0.3) is 21.7 Å². The van der Waals surface area contributed by atoms with E-state index < -0.39 is 0 Å². The molecule has 3 heteroatoms. The van der Waals surface area contributed by atoms with Crippen molar-refractivity contribution in [1.82, 2.24) is 4.98 Å². The minimum absolute atomic E-state index is 0.777. The van der Waals surface area contributed by atoms with Crippen LogP contribution in [-0.4, -0.2) is 4.98 Å². The molecule has 2 N–H and O–H groups in total. The van der Waals surface area contributed by atoms with Gasteiger partial charge in [-0.1, -0.05) is 40.2 Å². The predicted molar refractivity (Wildman–Crippen MR) is 76.1 cm³/mol. The zero-order valence-electron chi connectivity index (χ0n) is 9.37. The van der Waals surface area contributed by atoms with Crippen LogP contribution < -0.4 is 5.73 Å². The summed E-state index contributed by atoms with van der Waals surface area (Å²) in [5, 5.41) is 3.30. The number of nitrogens with zero attached hydrogens (tertiary/aromatic N) is 1. The highest BCUT2D eigenvalue weighted by atomic mass is 79.9. The van der Waals surface area contributed by atoms with Crippen LogP contribution in [0.15, 0.2) is 40.9 Å². The number of benzene rings is 2. The normalized spacial score (nSPS) is 11.2. The van der Waals surface area contributed by atoms with Gasteiger partial charge < -0.3 is 5.73 Å². The second-order valence-corrected chi connectivity index (χ2v) is 5.01. The molecular formula is C14H11BrN2.